The van der Waals surface area contributed by atoms with Crippen molar-refractivity contribution in [1.82, 2.24) is 4.90 Å². The van der Waals surface area contributed by atoms with E-state index in [2.05, 4.69) is 5.16 Å². The molecule has 2 rings (SSSR count). The van der Waals surface area contributed by atoms with Gasteiger partial charge < -0.3 is 10.1 Å². The Labute approximate surface area is 110 Å². The summed E-state index contributed by atoms with van der Waals surface area (Å²) in [6.07, 6.45) is 0.503. The van der Waals surface area contributed by atoms with E-state index >= 15 is 0 Å². The summed E-state index contributed by atoms with van der Waals surface area (Å²) in [4.78, 5) is 15.2. The maximum Gasteiger partial charge on any atom is 0.323 e. The zero-order chi connectivity index (χ0) is 13.3. The van der Waals surface area contributed by atoms with E-state index in [4.69, 9.17) is 16.8 Å². The molecule has 0 aliphatic carbocycles. The molecule has 0 spiro atoms. The Hall–Kier alpha value is -1.75. The van der Waals surface area contributed by atoms with Gasteiger partial charge in [-0.1, -0.05) is 16.8 Å². The van der Waals surface area contributed by atoms with Gasteiger partial charge in [0.05, 0.1) is 11.4 Å². The maximum atomic E-state index is 12.1. The molecule has 0 aromatic heterocycles. The summed E-state index contributed by atoms with van der Waals surface area (Å²) in [5.41, 5.74) is 1.97. The van der Waals surface area contributed by atoms with Crippen LogP contribution in [0.5, 0.6) is 0 Å². The van der Waals surface area contributed by atoms with E-state index in [1.54, 1.807) is 37.2 Å². The second-order valence-electron chi connectivity index (χ2n) is 4.29. The Kier molecular flexibility index (Phi) is 3.43. The van der Waals surface area contributed by atoms with Crippen LogP contribution in [0.1, 0.15) is 12.0 Å². The minimum atomic E-state index is -0.101. The molecule has 1 aliphatic heterocycles. The molecule has 6 heteroatoms. The van der Waals surface area contributed by atoms with Gasteiger partial charge in [0.2, 0.25) is 0 Å². The molecule has 1 aliphatic rings. The number of anilines is 1. The highest BCUT2D eigenvalue weighted by molar-refractivity contribution is 6.31. The van der Waals surface area contributed by atoms with Crippen LogP contribution in [0.3, 0.4) is 0 Å². The normalized spacial score (nSPS) is 16.6. The van der Waals surface area contributed by atoms with Crippen molar-refractivity contribution in [1.29, 1.82) is 0 Å². The molecule has 5 nitrogen and oxygen atoms in total. The number of amides is 2. The maximum absolute atomic E-state index is 12.1. The van der Waals surface area contributed by atoms with E-state index in [1.165, 1.54) is 4.90 Å². The second kappa shape index (κ2) is 4.86. The Morgan fingerprint density at radius 3 is 2.83 bits per heavy atom. The zero-order valence-corrected chi connectivity index (χ0v) is 11.0. The van der Waals surface area contributed by atoms with Crippen LogP contribution in [0, 0.1) is 0 Å². The van der Waals surface area contributed by atoms with Gasteiger partial charge in [-0.2, -0.15) is 0 Å². The predicted molar refractivity (Wildman–Crippen MR) is 70.8 cm³/mol. The van der Waals surface area contributed by atoms with Gasteiger partial charge in [-0.3, -0.25) is 4.90 Å². The molecule has 0 atom stereocenters. The summed E-state index contributed by atoms with van der Waals surface area (Å²) in [6.45, 7) is 0.491. The highest BCUT2D eigenvalue weighted by Gasteiger charge is 2.27. The summed E-state index contributed by atoms with van der Waals surface area (Å²) >= 11 is 5.94. The van der Waals surface area contributed by atoms with E-state index in [-0.39, 0.29) is 6.03 Å². The molecule has 1 aromatic carbocycles. The molecule has 2 amide bonds. The van der Waals surface area contributed by atoms with Crippen LogP contribution < -0.4 is 4.90 Å². The van der Waals surface area contributed by atoms with Crippen LogP contribution >= 0.6 is 11.6 Å². The molecule has 1 heterocycles. The van der Waals surface area contributed by atoms with Crippen LogP contribution in [0.15, 0.2) is 23.4 Å². The average Bonchev–Trinajstić information content (AvgIpc) is 2.36. The molecule has 0 radical (unpaired) electrons. The van der Waals surface area contributed by atoms with Crippen LogP contribution in [0.2, 0.25) is 5.02 Å². The molecule has 0 saturated carbocycles. The number of oxime groups is 1. The van der Waals surface area contributed by atoms with Crippen molar-refractivity contribution in [3.63, 3.8) is 0 Å². The average molecular weight is 268 g/mol. The van der Waals surface area contributed by atoms with Gasteiger partial charge in [-0.05, 0) is 18.2 Å². The number of hydrogen-bond donors (Lipinski definition) is 1. The van der Waals surface area contributed by atoms with Crippen LogP contribution in [-0.2, 0) is 0 Å². The van der Waals surface area contributed by atoms with E-state index < -0.39 is 0 Å². The highest BCUT2D eigenvalue weighted by atomic mass is 35.5. The fourth-order valence-electron chi connectivity index (χ4n) is 1.99. The lowest BCUT2D eigenvalue weighted by molar-refractivity contribution is 0.224. The molecule has 0 bridgehead atoms. The smallest absolute Gasteiger partial charge is 0.323 e. The summed E-state index contributed by atoms with van der Waals surface area (Å²) in [7, 11) is 3.40. The Morgan fingerprint density at radius 2 is 2.22 bits per heavy atom. The third-order valence-corrected chi connectivity index (χ3v) is 3.10. The lowest BCUT2D eigenvalue weighted by Gasteiger charge is -2.31. The van der Waals surface area contributed by atoms with Crippen molar-refractivity contribution in [2.24, 2.45) is 5.16 Å². The number of nitrogens with zero attached hydrogens (tertiary/aromatic N) is 3. The van der Waals surface area contributed by atoms with Gasteiger partial charge >= 0.3 is 6.03 Å². The first-order valence-electron chi connectivity index (χ1n) is 5.54. The molecule has 1 N–H and O–H groups in total. The van der Waals surface area contributed by atoms with Crippen molar-refractivity contribution < 1.29 is 10.0 Å². The van der Waals surface area contributed by atoms with Gasteiger partial charge in [0.15, 0.2) is 0 Å². The SMILES string of the molecule is CN(C)C(=O)N1CC/C(=N/O)c2cc(Cl)ccc21. The van der Waals surface area contributed by atoms with Crippen molar-refractivity contribution in [3.05, 3.63) is 28.8 Å². The number of hydrogen-bond acceptors (Lipinski definition) is 3. The first-order valence-corrected chi connectivity index (χ1v) is 5.92. The summed E-state index contributed by atoms with van der Waals surface area (Å²) in [6, 6.07) is 5.09. The largest absolute Gasteiger partial charge is 0.411 e. The van der Waals surface area contributed by atoms with E-state index in [0.29, 0.717) is 29.3 Å². The fourth-order valence-corrected chi connectivity index (χ4v) is 2.16. The quantitative estimate of drug-likeness (QED) is 0.580. The van der Waals surface area contributed by atoms with Crippen LogP contribution in [0.4, 0.5) is 10.5 Å². The minimum Gasteiger partial charge on any atom is -0.411 e. The first kappa shape index (κ1) is 12.7. The standard InChI is InChI=1S/C12H14ClN3O2/c1-15(2)12(17)16-6-5-10(14-18)9-7-8(13)3-4-11(9)16/h3-4,7,18H,5-6H2,1-2H3/b14-10-. The van der Waals surface area contributed by atoms with E-state index in [9.17, 15) is 4.79 Å². The fraction of sp³-hybridized carbons (Fsp3) is 0.333. The first-order chi connectivity index (χ1) is 8.54. The third kappa shape index (κ3) is 2.13. The van der Waals surface area contributed by atoms with Crippen molar-refractivity contribution in [3.8, 4) is 0 Å². The molecule has 0 fully saturated rings. The molecule has 96 valence electrons. The Balaban J connectivity index is 2.50. The van der Waals surface area contributed by atoms with Gasteiger partial charge in [0.1, 0.15) is 0 Å². The monoisotopic (exact) mass is 267 g/mol. The van der Waals surface area contributed by atoms with Gasteiger partial charge in [0.25, 0.3) is 0 Å². The Bertz CT molecular complexity index is 514. The van der Waals surface area contributed by atoms with Crippen LogP contribution in [0.25, 0.3) is 0 Å². The number of fused-ring (bicyclic) bond motifs is 1. The van der Waals surface area contributed by atoms with Gasteiger partial charge in [-0.25, -0.2) is 4.79 Å². The van der Waals surface area contributed by atoms with Gasteiger partial charge in [0, 0.05) is 37.6 Å². The number of urea groups is 1. The number of benzene rings is 1. The lowest BCUT2D eigenvalue weighted by Crippen LogP contribution is -2.43. The third-order valence-electron chi connectivity index (χ3n) is 2.87. The lowest BCUT2D eigenvalue weighted by atomic mass is 10.00. The van der Waals surface area contributed by atoms with Gasteiger partial charge in [-0.15, -0.1) is 0 Å². The van der Waals surface area contributed by atoms with Crippen molar-refractivity contribution in [2.45, 2.75) is 6.42 Å². The predicted octanol–water partition coefficient (Wildman–Crippen LogP) is 2.41. The number of carbonyl (C=O) groups excluding carboxylic acids is 1. The summed E-state index contributed by atoms with van der Waals surface area (Å²) in [5.74, 6) is 0. The van der Waals surface area contributed by atoms with Crippen molar-refractivity contribution >= 4 is 29.0 Å². The number of carbonyl (C=O) groups is 1. The van der Waals surface area contributed by atoms with Crippen molar-refractivity contribution in [2.75, 3.05) is 25.5 Å². The highest BCUT2D eigenvalue weighted by Crippen LogP contribution is 2.30. The summed E-state index contributed by atoms with van der Waals surface area (Å²) in [5, 5.41) is 12.8. The minimum absolute atomic E-state index is 0.101. The second-order valence-corrected chi connectivity index (χ2v) is 4.72. The van der Waals surface area contributed by atoms with Crippen LogP contribution in [-0.4, -0.2) is 42.5 Å². The molecular weight excluding hydrogens is 254 g/mol. The van der Waals surface area contributed by atoms with E-state index in [1.807, 2.05) is 0 Å². The Morgan fingerprint density at radius 1 is 1.50 bits per heavy atom. The molecule has 0 unspecified atom stereocenters. The molecule has 1 aromatic rings. The zero-order valence-electron chi connectivity index (χ0n) is 10.2. The van der Waals surface area contributed by atoms with E-state index in [0.717, 1.165) is 5.69 Å². The number of halogens is 1. The number of rotatable bonds is 0. The molecule has 18 heavy (non-hydrogen) atoms. The topological polar surface area (TPSA) is 56.1 Å². The molecule has 0 saturated heterocycles. The summed E-state index contributed by atoms with van der Waals surface area (Å²) < 4.78 is 0. The molecular formula is C12H14ClN3O2.